The Morgan fingerprint density at radius 3 is 3.05 bits per heavy atom. The molecular formula is C12H19N5O2. The van der Waals surface area contributed by atoms with Gasteiger partial charge in [0.15, 0.2) is 5.65 Å². The fourth-order valence-electron chi connectivity index (χ4n) is 1.88. The third kappa shape index (κ3) is 3.31. The Hall–Kier alpha value is -1.89. The average Bonchev–Trinajstić information content (AvgIpc) is 2.76. The maximum absolute atomic E-state index is 11.3. The van der Waals surface area contributed by atoms with E-state index >= 15 is 0 Å². The highest BCUT2D eigenvalue weighted by Gasteiger charge is 2.17. The van der Waals surface area contributed by atoms with Crippen molar-refractivity contribution in [3.05, 3.63) is 22.9 Å². The van der Waals surface area contributed by atoms with E-state index in [1.165, 1.54) is 10.7 Å². The highest BCUT2D eigenvalue weighted by Crippen LogP contribution is 2.22. The normalized spacial score (nSPS) is 11.9. The third-order valence-electron chi connectivity index (χ3n) is 3.07. The van der Waals surface area contributed by atoms with Crippen molar-refractivity contribution in [1.29, 1.82) is 0 Å². The quantitative estimate of drug-likeness (QED) is 0.712. The van der Waals surface area contributed by atoms with Crippen molar-refractivity contribution in [1.82, 2.24) is 19.6 Å². The summed E-state index contributed by atoms with van der Waals surface area (Å²) >= 11 is 0. The Kier molecular flexibility index (Phi) is 3.84. The zero-order valence-corrected chi connectivity index (χ0v) is 11.2. The number of aromatic nitrogens is 4. The van der Waals surface area contributed by atoms with Gasteiger partial charge in [-0.3, -0.25) is 0 Å². The van der Waals surface area contributed by atoms with Crippen molar-refractivity contribution in [2.45, 2.75) is 26.7 Å². The Bertz CT molecular complexity index is 601. The number of rotatable bonds is 6. The lowest BCUT2D eigenvalue weighted by atomic mass is 9.88. The second-order valence-electron chi connectivity index (χ2n) is 5.38. The van der Waals surface area contributed by atoms with E-state index in [9.17, 15) is 4.79 Å². The van der Waals surface area contributed by atoms with Crippen LogP contribution in [0.15, 0.2) is 17.2 Å². The van der Waals surface area contributed by atoms with Gasteiger partial charge in [0.1, 0.15) is 12.1 Å². The van der Waals surface area contributed by atoms with Crippen molar-refractivity contribution in [2.24, 2.45) is 5.41 Å². The second-order valence-corrected chi connectivity index (χ2v) is 5.38. The minimum Gasteiger partial charge on any atom is -0.396 e. The summed E-state index contributed by atoms with van der Waals surface area (Å²) in [6, 6.07) is 1.72. The molecule has 0 aliphatic heterocycles. The molecule has 0 aliphatic rings. The van der Waals surface area contributed by atoms with Gasteiger partial charge >= 0.3 is 5.69 Å². The predicted molar refractivity (Wildman–Crippen MR) is 72.2 cm³/mol. The van der Waals surface area contributed by atoms with Gasteiger partial charge in [-0.05, 0) is 18.3 Å². The minimum absolute atomic E-state index is 0.0712. The smallest absolute Gasteiger partial charge is 0.348 e. The fourth-order valence-corrected chi connectivity index (χ4v) is 1.88. The van der Waals surface area contributed by atoms with Gasteiger partial charge < -0.3 is 10.4 Å². The van der Waals surface area contributed by atoms with Gasteiger partial charge in [-0.25, -0.2) is 19.3 Å². The van der Waals surface area contributed by atoms with Gasteiger partial charge in [-0.1, -0.05) is 13.8 Å². The first-order chi connectivity index (χ1) is 9.02. The van der Waals surface area contributed by atoms with Crippen LogP contribution in [-0.2, 0) is 0 Å². The molecule has 2 heterocycles. The van der Waals surface area contributed by atoms with Crippen LogP contribution in [-0.4, -0.2) is 37.8 Å². The molecule has 2 rings (SSSR count). The lowest BCUT2D eigenvalue weighted by Crippen LogP contribution is -2.24. The van der Waals surface area contributed by atoms with E-state index in [0.29, 0.717) is 11.5 Å². The van der Waals surface area contributed by atoms with Crippen LogP contribution in [0.25, 0.3) is 5.65 Å². The molecule has 0 unspecified atom stereocenters. The van der Waals surface area contributed by atoms with Gasteiger partial charge in [0.05, 0.1) is 0 Å². The first kappa shape index (κ1) is 13.5. The molecule has 0 bridgehead atoms. The van der Waals surface area contributed by atoms with Crippen LogP contribution in [0.1, 0.15) is 26.7 Å². The molecular weight excluding hydrogens is 246 g/mol. The number of nitrogens with zero attached hydrogens (tertiary/aromatic N) is 3. The van der Waals surface area contributed by atoms with E-state index in [1.54, 1.807) is 6.07 Å². The Morgan fingerprint density at radius 1 is 1.53 bits per heavy atom. The molecule has 2 aromatic heterocycles. The number of nitrogens with one attached hydrogen (secondary N) is 2. The first-order valence-corrected chi connectivity index (χ1v) is 6.29. The molecule has 0 spiro atoms. The molecule has 0 atom stereocenters. The van der Waals surface area contributed by atoms with Crippen LogP contribution >= 0.6 is 0 Å². The van der Waals surface area contributed by atoms with E-state index in [1.807, 2.05) is 0 Å². The summed E-state index contributed by atoms with van der Waals surface area (Å²) in [5.41, 5.74) is 0.315. The molecule has 7 heteroatoms. The summed E-state index contributed by atoms with van der Waals surface area (Å²) in [4.78, 5) is 15.5. The Labute approximate surface area is 110 Å². The number of aliphatic hydroxyl groups is 1. The maximum atomic E-state index is 11.3. The SMILES string of the molecule is CC(C)(CCCO)CNc1cc2n[nH]c(=O)n2cn1. The van der Waals surface area contributed by atoms with Crippen LogP contribution in [0.2, 0.25) is 0 Å². The first-order valence-electron chi connectivity index (χ1n) is 6.29. The maximum Gasteiger partial charge on any atom is 0.348 e. The van der Waals surface area contributed by atoms with Crippen LogP contribution in [0.4, 0.5) is 5.82 Å². The molecule has 3 N–H and O–H groups in total. The van der Waals surface area contributed by atoms with Crippen LogP contribution in [0.5, 0.6) is 0 Å². The number of aliphatic hydroxyl groups excluding tert-OH is 1. The summed E-state index contributed by atoms with van der Waals surface area (Å²) in [6.45, 7) is 5.22. The second kappa shape index (κ2) is 5.40. The Balaban J connectivity index is 2.03. The lowest BCUT2D eigenvalue weighted by Gasteiger charge is -2.24. The van der Waals surface area contributed by atoms with E-state index in [4.69, 9.17) is 5.11 Å². The number of anilines is 1. The van der Waals surface area contributed by atoms with Gasteiger partial charge in [0.2, 0.25) is 0 Å². The van der Waals surface area contributed by atoms with Crippen molar-refractivity contribution in [2.75, 3.05) is 18.5 Å². The lowest BCUT2D eigenvalue weighted by molar-refractivity contribution is 0.248. The molecule has 19 heavy (non-hydrogen) atoms. The molecule has 2 aromatic rings. The molecule has 7 nitrogen and oxygen atoms in total. The summed E-state index contributed by atoms with van der Waals surface area (Å²) in [6.07, 6.45) is 3.17. The Morgan fingerprint density at radius 2 is 2.32 bits per heavy atom. The van der Waals surface area contributed by atoms with Gasteiger partial charge in [0.25, 0.3) is 0 Å². The van der Waals surface area contributed by atoms with Crippen molar-refractivity contribution >= 4 is 11.5 Å². The molecule has 0 aromatic carbocycles. The number of hydrogen-bond acceptors (Lipinski definition) is 5. The van der Waals surface area contributed by atoms with Crippen molar-refractivity contribution in [3.63, 3.8) is 0 Å². The van der Waals surface area contributed by atoms with Crippen LogP contribution < -0.4 is 11.0 Å². The topological polar surface area (TPSA) is 95.3 Å². The number of H-pyrrole nitrogens is 1. The van der Waals surface area contributed by atoms with E-state index < -0.39 is 0 Å². The summed E-state index contributed by atoms with van der Waals surface area (Å²) in [7, 11) is 0. The monoisotopic (exact) mass is 265 g/mol. The van der Waals surface area contributed by atoms with Crippen LogP contribution in [0.3, 0.4) is 0 Å². The molecule has 0 saturated carbocycles. The number of fused-ring (bicyclic) bond motifs is 1. The fraction of sp³-hybridized carbons (Fsp3) is 0.583. The summed E-state index contributed by atoms with van der Waals surface area (Å²) in [5.74, 6) is 0.684. The zero-order chi connectivity index (χ0) is 13.9. The van der Waals surface area contributed by atoms with Gasteiger partial charge in [-0.2, -0.15) is 5.10 Å². The highest BCUT2D eigenvalue weighted by atomic mass is 16.2. The molecule has 0 radical (unpaired) electrons. The molecule has 0 saturated heterocycles. The molecule has 104 valence electrons. The summed E-state index contributed by atoms with van der Waals surface area (Å²) in [5, 5.41) is 18.3. The third-order valence-corrected chi connectivity index (χ3v) is 3.07. The van der Waals surface area contributed by atoms with E-state index in [0.717, 1.165) is 19.4 Å². The average molecular weight is 265 g/mol. The minimum atomic E-state index is -0.294. The van der Waals surface area contributed by atoms with Crippen LogP contribution in [0, 0.1) is 5.41 Å². The molecule has 0 amide bonds. The summed E-state index contributed by atoms with van der Waals surface area (Å²) < 4.78 is 1.35. The van der Waals surface area contributed by atoms with Crippen molar-refractivity contribution in [3.8, 4) is 0 Å². The largest absolute Gasteiger partial charge is 0.396 e. The standard InChI is InChI=1S/C12H19N5O2/c1-12(2,4-3-5-18)7-13-9-6-10-15-16-11(19)17(10)8-14-9/h6,8,13,18H,3-5,7H2,1-2H3,(H,16,19). The van der Waals surface area contributed by atoms with E-state index in [-0.39, 0.29) is 17.7 Å². The van der Waals surface area contributed by atoms with Crippen molar-refractivity contribution < 1.29 is 5.11 Å². The molecule has 0 aliphatic carbocycles. The van der Waals surface area contributed by atoms with Gasteiger partial charge in [-0.15, -0.1) is 0 Å². The van der Waals surface area contributed by atoms with E-state index in [2.05, 4.69) is 34.3 Å². The predicted octanol–water partition coefficient (Wildman–Crippen LogP) is 0.628. The highest BCUT2D eigenvalue weighted by molar-refractivity contribution is 5.48. The number of hydrogen-bond donors (Lipinski definition) is 3. The number of aromatic amines is 1. The zero-order valence-electron chi connectivity index (χ0n) is 11.2. The molecule has 0 fully saturated rings. The van der Waals surface area contributed by atoms with Gasteiger partial charge in [0, 0.05) is 19.2 Å².